The summed E-state index contributed by atoms with van der Waals surface area (Å²) in [5, 5.41) is 0. The molecule has 0 aliphatic carbocycles. The van der Waals surface area contributed by atoms with Crippen LogP contribution in [0.3, 0.4) is 0 Å². The Morgan fingerprint density at radius 2 is 2.00 bits per heavy atom. The number of nitrogens with zero attached hydrogens (tertiary/aromatic N) is 1. The Bertz CT molecular complexity index is 108. The normalized spacial score (nSPS) is 20.4. The Hall–Kier alpha value is -0.530. The van der Waals surface area contributed by atoms with Gasteiger partial charge >= 0.3 is 0 Å². The minimum atomic E-state index is 0.259. The maximum atomic E-state index is 4.99. The van der Waals surface area contributed by atoms with Gasteiger partial charge in [0.05, 0.1) is 13.2 Å². The Balaban J connectivity index is 0.000000371. The number of ether oxygens (including phenoxy) is 1. The molecule has 0 saturated heterocycles. The lowest BCUT2D eigenvalue weighted by Crippen LogP contribution is -2.26. The van der Waals surface area contributed by atoms with Gasteiger partial charge in [0.25, 0.3) is 0 Å². The third kappa shape index (κ3) is 3.49. The molecule has 1 rings (SSSR count). The first-order chi connectivity index (χ1) is 4.71. The molecule has 0 N–H and O–H groups in total. The van der Waals surface area contributed by atoms with Crippen molar-refractivity contribution in [1.82, 2.24) is 0 Å². The first-order valence-corrected chi connectivity index (χ1v) is 3.81. The van der Waals surface area contributed by atoms with E-state index in [1.54, 1.807) is 0 Å². The van der Waals surface area contributed by atoms with Crippen LogP contribution in [0, 0.1) is 5.41 Å². The van der Waals surface area contributed by atoms with Gasteiger partial charge in [-0.1, -0.05) is 27.7 Å². The molecule has 0 atom stereocenters. The van der Waals surface area contributed by atoms with Gasteiger partial charge in [0.15, 0.2) is 6.40 Å². The van der Waals surface area contributed by atoms with E-state index in [0.29, 0.717) is 0 Å². The van der Waals surface area contributed by atoms with Crippen molar-refractivity contribution in [2.75, 3.05) is 13.2 Å². The van der Waals surface area contributed by atoms with Crippen LogP contribution < -0.4 is 0 Å². The summed E-state index contributed by atoms with van der Waals surface area (Å²) < 4.78 is 4.99. The number of rotatable bonds is 0. The van der Waals surface area contributed by atoms with E-state index in [9.17, 15) is 0 Å². The molecule has 0 amide bonds. The molecule has 1 aliphatic heterocycles. The van der Waals surface area contributed by atoms with Gasteiger partial charge < -0.3 is 4.74 Å². The molecule has 10 heavy (non-hydrogen) atoms. The van der Waals surface area contributed by atoms with Crippen LogP contribution in [0.1, 0.15) is 27.7 Å². The van der Waals surface area contributed by atoms with Crippen LogP contribution >= 0.6 is 0 Å². The summed E-state index contributed by atoms with van der Waals surface area (Å²) in [5.41, 5.74) is 0.259. The Kier molecular flexibility index (Phi) is 4.08. The highest BCUT2D eigenvalue weighted by atomic mass is 16.5. The second-order valence-electron chi connectivity index (χ2n) is 2.92. The average Bonchev–Trinajstić information content (AvgIpc) is 1.92. The molecule has 0 aromatic heterocycles. The van der Waals surface area contributed by atoms with Gasteiger partial charge in [0.2, 0.25) is 0 Å². The lowest BCUT2D eigenvalue weighted by atomic mass is 9.95. The van der Waals surface area contributed by atoms with E-state index in [-0.39, 0.29) is 5.41 Å². The molecule has 0 fully saturated rings. The van der Waals surface area contributed by atoms with E-state index in [4.69, 9.17) is 4.74 Å². The van der Waals surface area contributed by atoms with E-state index in [1.807, 2.05) is 13.8 Å². The molecule has 0 aromatic rings. The number of aliphatic imine (C=N–C) groups is 1. The van der Waals surface area contributed by atoms with Crippen molar-refractivity contribution >= 4 is 6.40 Å². The van der Waals surface area contributed by atoms with Crippen molar-refractivity contribution in [3.8, 4) is 0 Å². The van der Waals surface area contributed by atoms with E-state index < -0.39 is 0 Å². The van der Waals surface area contributed by atoms with Crippen LogP contribution in [0.5, 0.6) is 0 Å². The maximum Gasteiger partial charge on any atom is 0.169 e. The second-order valence-corrected chi connectivity index (χ2v) is 2.92. The maximum absolute atomic E-state index is 4.99. The quantitative estimate of drug-likeness (QED) is 0.509. The van der Waals surface area contributed by atoms with Gasteiger partial charge in [0.1, 0.15) is 0 Å². The molecular formula is C8H17NO. The Morgan fingerprint density at radius 3 is 2.20 bits per heavy atom. The van der Waals surface area contributed by atoms with Crippen LogP contribution in [-0.2, 0) is 4.74 Å². The fraction of sp³-hybridized carbons (Fsp3) is 0.875. The van der Waals surface area contributed by atoms with Crippen LogP contribution in [-0.4, -0.2) is 19.6 Å². The fourth-order valence-electron chi connectivity index (χ4n) is 0.646. The van der Waals surface area contributed by atoms with Crippen LogP contribution in [0.2, 0.25) is 0 Å². The number of hydrogen-bond donors (Lipinski definition) is 0. The second kappa shape index (κ2) is 4.31. The molecule has 0 radical (unpaired) electrons. The Morgan fingerprint density at radius 1 is 1.40 bits per heavy atom. The summed E-state index contributed by atoms with van der Waals surface area (Å²) in [6, 6.07) is 0. The van der Waals surface area contributed by atoms with Crippen molar-refractivity contribution in [3.63, 3.8) is 0 Å². The minimum absolute atomic E-state index is 0.259. The summed E-state index contributed by atoms with van der Waals surface area (Å²) in [6.45, 7) is 9.98. The van der Waals surface area contributed by atoms with E-state index in [0.717, 1.165) is 13.2 Å². The molecular weight excluding hydrogens is 126 g/mol. The van der Waals surface area contributed by atoms with Crippen molar-refractivity contribution in [2.45, 2.75) is 27.7 Å². The van der Waals surface area contributed by atoms with Gasteiger partial charge in [-0.05, 0) is 0 Å². The predicted octanol–water partition coefficient (Wildman–Crippen LogP) is 2.10. The fourth-order valence-corrected chi connectivity index (χ4v) is 0.646. The molecule has 0 spiro atoms. The third-order valence-electron chi connectivity index (χ3n) is 1.14. The van der Waals surface area contributed by atoms with Crippen LogP contribution in [0.4, 0.5) is 0 Å². The van der Waals surface area contributed by atoms with Crippen LogP contribution in [0.15, 0.2) is 4.99 Å². The topological polar surface area (TPSA) is 21.6 Å². The highest BCUT2D eigenvalue weighted by Crippen LogP contribution is 2.17. The zero-order chi connectivity index (χ0) is 8.04. The Labute approximate surface area is 63.3 Å². The summed E-state index contributed by atoms with van der Waals surface area (Å²) in [5.74, 6) is 0. The average molecular weight is 143 g/mol. The summed E-state index contributed by atoms with van der Waals surface area (Å²) in [4.78, 5) is 3.98. The van der Waals surface area contributed by atoms with Gasteiger partial charge in [-0.2, -0.15) is 0 Å². The smallest absolute Gasteiger partial charge is 0.169 e. The molecule has 1 heterocycles. The molecule has 0 saturated carbocycles. The first-order valence-electron chi connectivity index (χ1n) is 3.81. The molecule has 60 valence electrons. The highest BCUT2D eigenvalue weighted by Gasteiger charge is 2.19. The molecule has 0 unspecified atom stereocenters. The molecule has 1 aliphatic rings. The van der Waals surface area contributed by atoms with E-state index >= 15 is 0 Å². The van der Waals surface area contributed by atoms with Crippen molar-refractivity contribution in [1.29, 1.82) is 0 Å². The largest absolute Gasteiger partial charge is 0.483 e. The lowest BCUT2D eigenvalue weighted by Gasteiger charge is -2.23. The summed E-state index contributed by atoms with van der Waals surface area (Å²) in [6.07, 6.45) is 1.53. The van der Waals surface area contributed by atoms with Crippen molar-refractivity contribution in [3.05, 3.63) is 0 Å². The third-order valence-corrected chi connectivity index (χ3v) is 1.14. The monoisotopic (exact) mass is 143 g/mol. The molecule has 0 aromatic carbocycles. The van der Waals surface area contributed by atoms with Crippen molar-refractivity contribution < 1.29 is 4.74 Å². The first kappa shape index (κ1) is 9.47. The minimum Gasteiger partial charge on any atom is -0.483 e. The molecule has 2 nitrogen and oxygen atoms in total. The lowest BCUT2D eigenvalue weighted by molar-refractivity contribution is 0.166. The highest BCUT2D eigenvalue weighted by molar-refractivity contribution is 5.47. The summed E-state index contributed by atoms with van der Waals surface area (Å²) in [7, 11) is 0. The zero-order valence-corrected chi connectivity index (χ0v) is 7.35. The standard InChI is InChI=1S/C6H11NO.C2H6/c1-6(2)3-7-5-8-4-6;1-2/h5H,3-4H2,1-2H3;1-2H3. The SMILES string of the molecule is CC.CC1(C)CN=COC1. The summed E-state index contributed by atoms with van der Waals surface area (Å²) >= 11 is 0. The van der Waals surface area contributed by atoms with Gasteiger partial charge in [0, 0.05) is 5.41 Å². The molecule has 0 bridgehead atoms. The van der Waals surface area contributed by atoms with E-state index in [1.165, 1.54) is 6.40 Å². The number of hydrogen-bond acceptors (Lipinski definition) is 2. The predicted molar refractivity (Wildman–Crippen MR) is 44.4 cm³/mol. The van der Waals surface area contributed by atoms with Crippen LogP contribution in [0.25, 0.3) is 0 Å². The zero-order valence-electron chi connectivity index (χ0n) is 7.35. The van der Waals surface area contributed by atoms with Crippen molar-refractivity contribution in [2.24, 2.45) is 10.4 Å². The van der Waals surface area contributed by atoms with Gasteiger partial charge in [-0.3, -0.25) is 4.99 Å². The van der Waals surface area contributed by atoms with Gasteiger partial charge in [-0.15, -0.1) is 0 Å². The molecule has 2 heteroatoms. The van der Waals surface area contributed by atoms with Gasteiger partial charge in [-0.25, -0.2) is 0 Å². The van der Waals surface area contributed by atoms with E-state index in [2.05, 4.69) is 18.8 Å².